The SMILES string of the molecule is OC(CCCC1CCCO1)c1ccncc1Cl. The number of pyridine rings is 1. The highest BCUT2D eigenvalue weighted by Crippen LogP contribution is 2.27. The Morgan fingerprint density at radius 2 is 2.47 bits per heavy atom. The van der Waals surface area contributed by atoms with Gasteiger partial charge in [0.1, 0.15) is 0 Å². The highest BCUT2D eigenvalue weighted by molar-refractivity contribution is 6.31. The van der Waals surface area contributed by atoms with Gasteiger partial charge in [0, 0.05) is 24.6 Å². The van der Waals surface area contributed by atoms with E-state index in [0.717, 1.165) is 37.9 Å². The van der Waals surface area contributed by atoms with Crippen LogP contribution in [0.15, 0.2) is 18.5 Å². The highest BCUT2D eigenvalue weighted by Gasteiger charge is 2.16. The molecule has 0 radical (unpaired) electrons. The summed E-state index contributed by atoms with van der Waals surface area (Å²) in [4.78, 5) is 3.91. The van der Waals surface area contributed by atoms with E-state index in [0.29, 0.717) is 11.1 Å². The van der Waals surface area contributed by atoms with Gasteiger partial charge in [-0.05, 0) is 38.2 Å². The van der Waals surface area contributed by atoms with Crippen molar-refractivity contribution in [2.75, 3.05) is 6.61 Å². The molecule has 2 rings (SSSR count). The van der Waals surface area contributed by atoms with E-state index in [4.69, 9.17) is 16.3 Å². The number of hydrogen-bond acceptors (Lipinski definition) is 3. The van der Waals surface area contributed by atoms with E-state index in [1.807, 2.05) is 0 Å². The fourth-order valence-electron chi connectivity index (χ4n) is 2.22. The van der Waals surface area contributed by atoms with Crippen molar-refractivity contribution >= 4 is 11.6 Å². The summed E-state index contributed by atoms with van der Waals surface area (Å²) in [7, 11) is 0. The average Bonchev–Trinajstić information content (AvgIpc) is 2.82. The molecule has 2 heterocycles. The van der Waals surface area contributed by atoms with Gasteiger partial charge >= 0.3 is 0 Å². The zero-order valence-corrected chi connectivity index (χ0v) is 10.6. The third-order valence-electron chi connectivity index (χ3n) is 3.19. The summed E-state index contributed by atoms with van der Waals surface area (Å²) in [6.07, 6.45) is 8.18. The van der Waals surface area contributed by atoms with Crippen molar-refractivity contribution in [3.05, 3.63) is 29.0 Å². The van der Waals surface area contributed by atoms with E-state index >= 15 is 0 Å². The first kappa shape index (κ1) is 12.8. The van der Waals surface area contributed by atoms with Crippen LogP contribution in [0.1, 0.15) is 43.8 Å². The number of rotatable bonds is 5. The van der Waals surface area contributed by atoms with Gasteiger partial charge in [-0.2, -0.15) is 0 Å². The van der Waals surface area contributed by atoms with Crippen molar-refractivity contribution < 1.29 is 9.84 Å². The molecule has 2 atom stereocenters. The van der Waals surface area contributed by atoms with Crippen LogP contribution in [0.4, 0.5) is 0 Å². The van der Waals surface area contributed by atoms with Crippen molar-refractivity contribution in [1.29, 1.82) is 0 Å². The Labute approximate surface area is 107 Å². The molecule has 0 spiro atoms. The maximum absolute atomic E-state index is 10.0. The first-order valence-corrected chi connectivity index (χ1v) is 6.54. The van der Waals surface area contributed by atoms with Gasteiger partial charge < -0.3 is 9.84 Å². The van der Waals surface area contributed by atoms with Gasteiger partial charge in [-0.15, -0.1) is 0 Å². The molecule has 0 bridgehead atoms. The molecule has 1 aliphatic rings. The van der Waals surface area contributed by atoms with Crippen LogP contribution in [0.25, 0.3) is 0 Å². The predicted molar refractivity (Wildman–Crippen MR) is 67.0 cm³/mol. The lowest BCUT2D eigenvalue weighted by atomic mass is 10.0. The average molecular weight is 256 g/mol. The van der Waals surface area contributed by atoms with Gasteiger partial charge in [-0.1, -0.05) is 11.6 Å². The summed E-state index contributed by atoms with van der Waals surface area (Å²) in [5, 5.41) is 10.6. The molecular formula is C13H18ClNO2. The highest BCUT2D eigenvalue weighted by atomic mass is 35.5. The molecule has 94 valence electrons. The fourth-order valence-corrected chi connectivity index (χ4v) is 2.47. The van der Waals surface area contributed by atoms with Crippen LogP contribution in [0.3, 0.4) is 0 Å². The van der Waals surface area contributed by atoms with Crippen LogP contribution in [-0.4, -0.2) is 22.8 Å². The van der Waals surface area contributed by atoms with Crippen molar-refractivity contribution in [2.24, 2.45) is 0 Å². The van der Waals surface area contributed by atoms with E-state index in [-0.39, 0.29) is 0 Å². The van der Waals surface area contributed by atoms with E-state index < -0.39 is 6.10 Å². The minimum atomic E-state index is -0.494. The third kappa shape index (κ3) is 3.66. The Balaban J connectivity index is 1.77. The maximum atomic E-state index is 10.0. The van der Waals surface area contributed by atoms with E-state index in [9.17, 15) is 5.11 Å². The number of aliphatic hydroxyl groups is 1. The second kappa shape index (κ2) is 6.34. The number of halogens is 1. The predicted octanol–water partition coefficient (Wildman–Crippen LogP) is 3.12. The van der Waals surface area contributed by atoms with Gasteiger partial charge in [-0.25, -0.2) is 0 Å². The van der Waals surface area contributed by atoms with Crippen molar-refractivity contribution in [1.82, 2.24) is 4.98 Å². The minimum absolute atomic E-state index is 0.398. The Kier molecular flexibility index (Phi) is 4.77. The van der Waals surface area contributed by atoms with Crippen LogP contribution in [0.5, 0.6) is 0 Å². The number of ether oxygens (including phenoxy) is 1. The van der Waals surface area contributed by atoms with E-state index in [1.165, 1.54) is 6.42 Å². The van der Waals surface area contributed by atoms with Gasteiger partial charge in [0.05, 0.1) is 17.2 Å². The smallest absolute Gasteiger partial charge is 0.0805 e. The van der Waals surface area contributed by atoms with Gasteiger partial charge in [0.25, 0.3) is 0 Å². The Hall–Kier alpha value is -0.640. The zero-order valence-electron chi connectivity index (χ0n) is 9.81. The van der Waals surface area contributed by atoms with Crippen LogP contribution in [0, 0.1) is 0 Å². The van der Waals surface area contributed by atoms with Crippen LogP contribution >= 0.6 is 11.6 Å². The standard InChI is InChI=1S/C13H18ClNO2/c14-12-9-15-7-6-11(12)13(16)5-1-3-10-4-2-8-17-10/h6-7,9-10,13,16H,1-5,8H2. The monoisotopic (exact) mass is 255 g/mol. The third-order valence-corrected chi connectivity index (χ3v) is 3.51. The van der Waals surface area contributed by atoms with E-state index in [1.54, 1.807) is 18.5 Å². The molecule has 0 saturated carbocycles. The molecule has 2 unspecified atom stereocenters. The van der Waals surface area contributed by atoms with Crippen molar-refractivity contribution in [2.45, 2.75) is 44.3 Å². The number of hydrogen-bond donors (Lipinski definition) is 1. The number of aliphatic hydroxyl groups excluding tert-OH is 1. The quantitative estimate of drug-likeness (QED) is 0.879. The molecule has 1 aromatic rings. The summed E-state index contributed by atoms with van der Waals surface area (Å²) in [5.41, 5.74) is 0.772. The first-order chi connectivity index (χ1) is 8.27. The Morgan fingerprint density at radius 1 is 1.59 bits per heavy atom. The molecular weight excluding hydrogens is 238 g/mol. The molecule has 1 fully saturated rings. The second-order valence-corrected chi connectivity index (χ2v) is 4.89. The summed E-state index contributed by atoms with van der Waals surface area (Å²) in [6.45, 7) is 0.892. The first-order valence-electron chi connectivity index (χ1n) is 6.16. The zero-order chi connectivity index (χ0) is 12.1. The molecule has 17 heavy (non-hydrogen) atoms. The Morgan fingerprint density at radius 3 is 3.18 bits per heavy atom. The summed E-state index contributed by atoms with van der Waals surface area (Å²) >= 11 is 5.98. The topological polar surface area (TPSA) is 42.4 Å². The lowest BCUT2D eigenvalue weighted by molar-refractivity contribution is 0.0945. The molecule has 0 amide bonds. The minimum Gasteiger partial charge on any atom is -0.388 e. The van der Waals surface area contributed by atoms with Gasteiger partial charge in [0.15, 0.2) is 0 Å². The molecule has 4 heteroatoms. The second-order valence-electron chi connectivity index (χ2n) is 4.48. The Bertz CT molecular complexity index is 353. The summed E-state index contributed by atoms with van der Waals surface area (Å²) < 4.78 is 5.55. The van der Waals surface area contributed by atoms with Crippen molar-refractivity contribution in [3.8, 4) is 0 Å². The van der Waals surface area contributed by atoms with Crippen LogP contribution < -0.4 is 0 Å². The van der Waals surface area contributed by atoms with Gasteiger partial charge in [0.2, 0.25) is 0 Å². The molecule has 1 N–H and O–H groups in total. The number of nitrogens with zero attached hydrogens (tertiary/aromatic N) is 1. The normalized spacial score (nSPS) is 21.6. The summed E-state index contributed by atoms with van der Waals surface area (Å²) in [5.74, 6) is 0. The molecule has 0 aliphatic carbocycles. The number of aromatic nitrogens is 1. The molecule has 1 aromatic heterocycles. The molecule has 1 saturated heterocycles. The fraction of sp³-hybridized carbons (Fsp3) is 0.615. The van der Waals surface area contributed by atoms with Crippen LogP contribution in [-0.2, 0) is 4.74 Å². The van der Waals surface area contributed by atoms with Crippen LogP contribution in [0.2, 0.25) is 5.02 Å². The summed E-state index contributed by atoms with van der Waals surface area (Å²) in [6, 6.07) is 1.78. The lowest BCUT2D eigenvalue weighted by Gasteiger charge is -2.14. The van der Waals surface area contributed by atoms with E-state index in [2.05, 4.69) is 4.98 Å². The lowest BCUT2D eigenvalue weighted by Crippen LogP contribution is -2.06. The largest absolute Gasteiger partial charge is 0.388 e. The molecule has 0 aromatic carbocycles. The van der Waals surface area contributed by atoms with Gasteiger partial charge in [-0.3, -0.25) is 4.98 Å². The maximum Gasteiger partial charge on any atom is 0.0805 e. The molecule has 1 aliphatic heterocycles. The van der Waals surface area contributed by atoms with Crippen molar-refractivity contribution in [3.63, 3.8) is 0 Å². The molecule has 3 nitrogen and oxygen atoms in total.